The first-order chi connectivity index (χ1) is 6.70. The maximum Gasteiger partial charge on any atom is 0.335 e. The molecule has 2 rings (SSSR count). The van der Waals surface area contributed by atoms with Gasteiger partial charge in [0.2, 0.25) is 0 Å². The van der Waals surface area contributed by atoms with Crippen LogP contribution in [0.25, 0.3) is 0 Å². The van der Waals surface area contributed by atoms with Crippen LogP contribution in [-0.4, -0.2) is 37.5 Å². The van der Waals surface area contributed by atoms with Gasteiger partial charge in [-0.2, -0.15) is 0 Å². The van der Waals surface area contributed by atoms with Crippen molar-refractivity contribution in [2.24, 2.45) is 11.3 Å². The van der Waals surface area contributed by atoms with E-state index in [1.807, 2.05) is 0 Å². The number of carbonyl (C=O) groups is 1. The van der Waals surface area contributed by atoms with E-state index in [1.54, 1.807) is 0 Å². The van der Waals surface area contributed by atoms with Crippen LogP contribution in [0.15, 0.2) is 0 Å². The minimum Gasteiger partial charge on any atom is -0.467 e. The average molecular weight is 200 g/mol. The van der Waals surface area contributed by atoms with Crippen LogP contribution in [0.3, 0.4) is 0 Å². The predicted octanol–water partition coefficient (Wildman–Crippen LogP) is 0.337. The summed E-state index contributed by atoms with van der Waals surface area (Å²) in [6, 6.07) is 0. The van der Waals surface area contributed by atoms with E-state index >= 15 is 0 Å². The van der Waals surface area contributed by atoms with Crippen LogP contribution < -0.4 is 0 Å². The number of aliphatic hydroxyl groups is 1. The van der Waals surface area contributed by atoms with E-state index in [4.69, 9.17) is 4.74 Å². The Balaban J connectivity index is 2.04. The van der Waals surface area contributed by atoms with E-state index in [-0.39, 0.29) is 5.41 Å². The van der Waals surface area contributed by atoms with Gasteiger partial charge in [0, 0.05) is 12.0 Å². The molecule has 2 fully saturated rings. The van der Waals surface area contributed by atoms with Crippen molar-refractivity contribution < 1.29 is 19.4 Å². The van der Waals surface area contributed by atoms with Crippen LogP contribution >= 0.6 is 0 Å². The molecule has 0 spiro atoms. The maximum atomic E-state index is 11.2. The lowest BCUT2D eigenvalue weighted by atomic mass is 9.83. The van der Waals surface area contributed by atoms with Crippen molar-refractivity contribution in [3.63, 3.8) is 0 Å². The summed E-state index contributed by atoms with van der Waals surface area (Å²) < 4.78 is 9.85. The van der Waals surface area contributed by atoms with Crippen LogP contribution in [0.1, 0.15) is 19.3 Å². The summed E-state index contributed by atoms with van der Waals surface area (Å²) in [7, 11) is 1.31. The lowest BCUT2D eigenvalue weighted by Gasteiger charge is -2.25. The molecule has 14 heavy (non-hydrogen) atoms. The number of hydrogen-bond donors (Lipinski definition) is 1. The van der Waals surface area contributed by atoms with E-state index in [2.05, 4.69) is 4.74 Å². The Morgan fingerprint density at radius 2 is 2.36 bits per heavy atom. The van der Waals surface area contributed by atoms with Crippen molar-refractivity contribution in [1.82, 2.24) is 0 Å². The van der Waals surface area contributed by atoms with Gasteiger partial charge in [-0.15, -0.1) is 0 Å². The minimum atomic E-state index is -0.959. The summed E-state index contributed by atoms with van der Waals surface area (Å²) in [4.78, 5) is 11.2. The van der Waals surface area contributed by atoms with Gasteiger partial charge in [-0.3, -0.25) is 0 Å². The van der Waals surface area contributed by atoms with Crippen molar-refractivity contribution in [3.8, 4) is 0 Å². The molecule has 0 bridgehead atoms. The van der Waals surface area contributed by atoms with E-state index in [1.165, 1.54) is 7.11 Å². The molecular weight excluding hydrogens is 184 g/mol. The molecule has 1 N–H and O–H groups in total. The Kier molecular flexibility index (Phi) is 2.49. The second-order valence-electron chi connectivity index (χ2n) is 4.22. The highest BCUT2D eigenvalue weighted by Gasteiger charge is 2.58. The number of hydrogen-bond acceptors (Lipinski definition) is 4. The molecule has 1 heterocycles. The monoisotopic (exact) mass is 200 g/mol. The van der Waals surface area contributed by atoms with E-state index in [0.717, 1.165) is 25.9 Å². The summed E-state index contributed by atoms with van der Waals surface area (Å²) in [6.07, 6.45) is 1.82. The summed E-state index contributed by atoms with van der Waals surface area (Å²) >= 11 is 0. The first kappa shape index (κ1) is 9.93. The molecule has 0 aromatic rings. The lowest BCUT2D eigenvalue weighted by Crippen LogP contribution is -2.37. The maximum absolute atomic E-state index is 11.2. The van der Waals surface area contributed by atoms with Gasteiger partial charge in [-0.25, -0.2) is 4.79 Å². The SMILES string of the molecule is COC(=O)C(O)C1(C2CCOC2)CC1. The van der Waals surface area contributed by atoms with Crippen LogP contribution in [0.4, 0.5) is 0 Å². The zero-order valence-corrected chi connectivity index (χ0v) is 8.36. The zero-order chi connectivity index (χ0) is 10.2. The third-order valence-corrected chi connectivity index (χ3v) is 3.54. The molecule has 0 aromatic heterocycles. The topological polar surface area (TPSA) is 55.8 Å². The van der Waals surface area contributed by atoms with E-state index in [9.17, 15) is 9.90 Å². The van der Waals surface area contributed by atoms with Gasteiger partial charge >= 0.3 is 5.97 Å². The predicted molar refractivity (Wildman–Crippen MR) is 48.6 cm³/mol. The number of ether oxygens (including phenoxy) is 2. The van der Waals surface area contributed by atoms with Crippen molar-refractivity contribution >= 4 is 5.97 Å². The quantitative estimate of drug-likeness (QED) is 0.667. The Bertz CT molecular complexity index is 228. The van der Waals surface area contributed by atoms with Gasteiger partial charge in [0.05, 0.1) is 13.7 Å². The summed E-state index contributed by atoms with van der Waals surface area (Å²) in [5.74, 6) is -0.175. The molecular formula is C10H16O4. The fourth-order valence-corrected chi connectivity index (χ4v) is 2.38. The number of aliphatic hydroxyl groups excluding tert-OH is 1. The number of carbonyl (C=O) groups excluding carboxylic acids is 1. The molecule has 1 aliphatic carbocycles. The number of rotatable bonds is 3. The molecule has 2 atom stereocenters. The second-order valence-corrected chi connectivity index (χ2v) is 4.22. The van der Waals surface area contributed by atoms with E-state index < -0.39 is 12.1 Å². The molecule has 2 unspecified atom stereocenters. The van der Waals surface area contributed by atoms with Crippen molar-refractivity contribution in [1.29, 1.82) is 0 Å². The molecule has 4 nitrogen and oxygen atoms in total. The Labute approximate surface area is 83.2 Å². The van der Waals surface area contributed by atoms with Crippen LogP contribution in [0.2, 0.25) is 0 Å². The lowest BCUT2D eigenvalue weighted by molar-refractivity contribution is -0.156. The largest absolute Gasteiger partial charge is 0.467 e. The van der Waals surface area contributed by atoms with Gasteiger partial charge in [-0.1, -0.05) is 0 Å². The van der Waals surface area contributed by atoms with Gasteiger partial charge < -0.3 is 14.6 Å². The summed E-state index contributed by atoms with van der Waals surface area (Å²) in [5.41, 5.74) is -0.233. The van der Waals surface area contributed by atoms with Gasteiger partial charge in [-0.05, 0) is 25.2 Å². The Morgan fingerprint density at radius 1 is 1.64 bits per heavy atom. The highest BCUT2D eigenvalue weighted by molar-refractivity contribution is 5.76. The zero-order valence-electron chi connectivity index (χ0n) is 8.36. The minimum absolute atomic E-state index is 0.233. The molecule has 0 radical (unpaired) electrons. The highest BCUT2D eigenvalue weighted by Crippen LogP contribution is 2.57. The summed E-state index contributed by atoms with van der Waals surface area (Å²) in [6.45, 7) is 1.42. The Morgan fingerprint density at radius 3 is 2.79 bits per heavy atom. The fraction of sp³-hybridized carbons (Fsp3) is 0.900. The molecule has 2 aliphatic rings. The average Bonchev–Trinajstić information content (AvgIpc) is 2.84. The smallest absolute Gasteiger partial charge is 0.335 e. The standard InChI is InChI=1S/C10H16O4/c1-13-9(12)8(11)10(3-4-10)7-2-5-14-6-7/h7-8,11H,2-6H2,1H3. The first-order valence-electron chi connectivity index (χ1n) is 5.04. The molecule has 1 saturated carbocycles. The second kappa shape index (κ2) is 3.51. The van der Waals surface area contributed by atoms with E-state index in [0.29, 0.717) is 12.5 Å². The van der Waals surface area contributed by atoms with Crippen LogP contribution in [0, 0.1) is 11.3 Å². The highest BCUT2D eigenvalue weighted by atomic mass is 16.5. The third kappa shape index (κ3) is 1.42. The molecule has 80 valence electrons. The number of methoxy groups -OCH3 is 1. The third-order valence-electron chi connectivity index (χ3n) is 3.54. The van der Waals surface area contributed by atoms with Crippen molar-refractivity contribution in [2.75, 3.05) is 20.3 Å². The van der Waals surface area contributed by atoms with Gasteiger partial charge in [0.15, 0.2) is 6.10 Å². The van der Waals surface area contributed by atoms with Gasteiger partial charge in [0.25, 0.3) is 0 Å². The van der Waals surface area contributed by atoms with Crippen LogP contribution in [-0.2, 0) is 14.3 Å². The van der Waals surface area contributed by atoms with Crippen LogP contribution in [0.5, 0.6) is 0 Å². The Hall–Kier alpha value is -0.610. The molecule has 0 aromatic carbocycles. The summed E-state index contributed by atoms with van der Waals surface area (Å²) in [5, 5.41) is 9.84. The van der Waals surface area contributed by atoms with Gasteiger partial charge in [0.1, 0.15) is 0 Å². The molecule has 1 saturated heterocycles. The first-order valence-corrected chi connectivity index (χ1v) is 5.04. The van der Waals surface area contributed by atoms with Crippen molar-refractivity contribution in [2.45, 2.75) is 25.4 Å². The number of esters is 1. The van der Waals surface area contributed by atoms with Crippen molar-refractivity contribution in [3.05, 3.63) is 0 Å². The molecule has 1 aliphatic heterocycles. The molecule has 4 heteroatoms. The fourth-order valence-electron chi connectivity index (χ4n) is 2.38. The molecule has 0 amide bonds. The normalized spacial score (nSPS) is 31.1.